The molecule has 0 aromatic carbocycles. The van der Waals surface area contributed by atoms with Crippen LogP contribution >= 0.6 is 0 Å². The van der Waals surface area contributed by atoms with Crippen molar-refractivity contribution in [2.24, 2.45) is 5.84 Å². The van der Waals surface area contributed by atoms with Crippen LogP contribution in [-0.2, 0) is 6.42 Å². The third-order valence-electron chi connectivity index (χ3n) is 2.07. The Bertz CT molecular complexity index is 291. The molecule has 0 radical (unpaired) electrons. The maximum absolute atomic E-state index is 5.44. The highest BCUT2D eigenvalue weighted by Gasteiger charge is 2.15. The predicted molar refractivity (Wildman–Crippen MR) is 53.0 cm³/mol. The molecule has 0 aliphatic rings. The fraction of sp³-hybridized carbons (Fsp3) is 0.400. The summed E-state index contributed by atoms with van der Waals surface area (Å²) in [5.74, 6) is 6.40. The van der Waals surface area contributed by atoms with Crippen molar-refractivity contribution in [1.82, 2.24) is 5.43 Å². The van der Waals surface area contributed by atoms with E-state index in [1.165, 1.54) is 0 Å². The van der Waals surface area contributed by atoms with Crippen LogP contribution in [0, 0.1) is 0 Å². The molecule has 3 N–H and O–H groups in total. The van der Waals surface area contributed by atoms with Gasteiger partial charge in [0.05, 0.1) is 12.3 Å². The third kappa shape index (κ3) is 1.99. The first-order valence-corrected chi connectivity index (χ1v) is 4.38. The number of furan rings is 1. The molecule has 1 aromatic heterocycles. The molecule has 0 aliphatic heterocycles. The predicted octanol–water partition coefficient (Wildman–Crippen LogP) is 1.92. The maximum Gasteiger partial charge on any atom is 0.108 e. The molecule has 1 heterocycles. The van der Waals surface area contributed by atoms with Crippen molar-refractivity contribution in [1.29, 1.82) is 0 Å². The minimum absolute atomic E-state index is 0.00583. The molecular formula is C10H16N2O. The molecular weight excluding hydrogens is 164 g/mol. The first-order valence-electron chi connectivity index (χ1n) is 4.38. The number of hydrogen-bond donors (Lipinski definition) is 2. The van der Waals surface area contributed by atoms with E-state index < -0.39 is 0 Å². The van der Waals surface area contributed by atoms with Gasteiger partial charge in [-0.25, -0.2) is 5.43 Å². The molecule has 0 saturated heterocycles. The van der Waals surface area contributed by atoms with Gasteiger partial charge in [0.2, 0.25) is 0 Å². The van der Waals surface area contributed by atoms with Crippen molar-refractivity contribution in [3.8, 4) is 0 Å². The lowest BCUT2D eigenvalue weighted by atomic mass is 10.0. The minimum Gasteiger partial charge on any atom is -0.469 e. The Labute approximate surface area is 78.6 Å². The summed E-state index contributed by atoms with van der Waals surface area (Å²) in [5.41, 5.74) is 4.78. The molecule has 13 heavy (non-hydrogen) atoms. The zero-order chi connectivity index (χ0) is 9.84. The van der Waals surface area contributed by atoms with Crippen LogP contribution in [0.15, 0.2) is 28.9 Å². The molecule has 0 amide bonds. The molecule has 72 valence electrons. The molecule has 1 aromatic rings. The van der Waals surface area contributed by atoms with Crippen molar-refractivity contribution in [2.45, 2.75) is 26.3 Å². The van der Waals surface area contributed by atoms with Gasteiger partial charge in [0.15, 0.2) is 0 Å². The van der Waals surface area contributed by atoms with Crippen molar-refractivity contribution >= 4 is 0 Å². The largest absolute Gasteiger partial charge is 0.469 e. The van der Waals surface area contributed by atoms with E-state index in [1.54, 1.807) is 6.26 Å². The molecule has 3 nitrogen and oxygen atoms in total. The van der Waals surface area contributed by atoms with Crippen LogP contribution in [0.5, 0.6) is 0 Å². The van der Waals surface area contributed by atoms with Gasteiger partial charge in [0.25, 0.3) is 0 Å². The summed E-state index contributed by atoms with van der Waals surface area (Å²) in [7, 11) is 0. The first kappa shape index (κ1) is 10.0. The van der Waals surface area contributed by atoms with Crippen molar-refractivity contribution < 1.29 is 4.42 Å². The Kier molecular flexibility index (Phi) is 3.28. The Morgan fingerprint density at radius 1 is 1.77 bits per heavy atom. The Hall–Kier alpha value is -1.06. The molecule has 0 bridgehead atoms. The van der Waals surface area contributed by atoms with Crippen LogP contribution < -0.4 is 11.3 Å². The quantitative estimate of drug-likeness (QED) is 0.423. The fourth-order valence-corrected chi connectivity index (χ4v) is 1.39. The Morgan fingerprint density at radius 3 is 2.92 bits per heavy atom. The summed E-state index contributed by atoms with van der Waals surface area (Å²) in [4.78, 5) is 0. The summed E-state index contributed by atoms with van der Waals surface area (Å²) in [6, 6.07) is 1.92. The number of aryl methyl sites for hydroxylation is 1. The van der Waals surface area contributed by atoms with E-state index in [-0.39, 0.29) is 6.04 Å². The minimum atomic E-state index is -0.00583. The highest BCUT2D eigenvalue weighted by atomic mass is 16.3. The summed E-state index contributed by atoms with van der Waals surface area (Å²) in [5, 5.41) is 0. The van der Waals surface area contributed by atoms with E-state index in [9.17, 15) is 0 Å². The van der Waals surface area contributed by atoms with E-state index in [2.05, 4.69) is 12.0 Å². The molecule has 1 rings (SSSR count). The highest BCUT2D eigenvalue weighted by Crippen LogP contribution is 2.24. The van der Waals surface area contributed by atoms with Gasteiger partial charge in [-0.05, 0) is 13.0 Å². The van der Waals surface area contributed by atoms with Gasteiger partial charge in [-0.3, -0.25) is 5.84 Å². The van der Waals surface area contributed by atoms with Crippen molar-refractivity contribution in [3.05, 3.63) is 35.8 Å². The Morgan fingerprint density at radius 2 is 2.46 bits per heavy atom. The van der Waals surface area contributed by atoms with Gasteiger partial charge in [0.1, 0.15) is 5.76 Å². The second kappa shape index (κ2) is 4.25. The van der Waals surface area contributed by atoms with E-state index in [0.29, 0.717) is 0 Å². The van der Waals surface area contributed by atoms with Crippen molar-refractivity contribution in [2.75, 3.05) is 0 Å². The average Bonchev–Trinajstić information content (AvgIpc) is 2.53. The molecule has 0 saturated carbocycles. The summed E-state index contributed by atoms with van der Waals surface area (Å²) < 4.78 is 5.31. The van der Waals surface area contributed by atoms with E-state index in [4.69, 9.17) is 10.3 Å². The summed E-state index contributed by atoms with van der Waals surface area (Å²) >= 11 is 0. The first-order chi connectivity index (χ1) is 6.20. The van der Waals surface area contributed by atoms with Gasteiger partial charge in [-0.1, -0.05) is 19.1 Å². The second-order valence-electron chi connectivity index (χ2n) is 3.10. The van der Waals surface area contributed by atoms with Gasteiger partial charge in [0, 0.05) is 12.0 Å². The number of rotatable bonds is 4. The summed E-state index contributed by atoms with van der Waals surface area (Å²) in [6.45, 7) is 7.86. The Balaban J connectivity index is 2.96. The molecule has 0 spiro atoms. The van der Waals surface area contributed by atoms with Crippen LogP contribution in [0.4, 0.5) is 0 Å². The average molecular weight is 180 g/mol. The zero-order valence-electron chi connectivity index (χ0n) is 8.13. The summed E-state index contributed by atoms with van der Waals surface area (Å²) in [6.07, 6.45) is 2.55. The van der Waals surface area contributed by atoms with Crippen LogP contribution in [0.25, 0.3) is 0 Å². The zero-order valence-corrected chi connectivity index (χ0v) is 8.13. The number of hydrogen-bond acceptors (Lipinski definition) is 3. The lowest BCUT2D eigenvalue weighted by Gasteiger charge is -2.15. The maximum atomic E-state index is 5.44. The van der Waals surface area contributed by atoms with E-state index in [0.717, 1.165) is 23.3 Å². The number of nitrogens with one attached hydrogen (secondary N) is 1. The lowest BCUT2D eigenvalue weighted by Crippen LogP contribution is -2.28. The molecule has 0 fully saturated rings. The highest BCUT2D eigenvalue weighted by molar-refractivity contribution is 5.28. The van der Waals surface area contributed by atoms with Crippen LogP contribution in [-0.4, -0.2) is 0 Å². The van der Waals surface area contributed by atoms with Gasteiger partial charge in [-0.15, -0.1) is 0 Å². The lowest BCUT2D eigenvalue weighted by molar-refractivity contribution is 0.501. The monoisotopic (exact) mass is 180 g/mol. The van der Waals surface area contributed by atoms with Gasteiger partial charge >= 0.3 is 0 Å². The molecule has 1 atom stereocenters. The van der Waals surface area contributed by atoms with E-state index >= 15 is 0 Å². The van der Waals surface area contributed by atoms with Crippen LogP contribution in [0.2, 0.25) is 0 Å². The van der Waals surface area contributed by atoms with E-state index in [1.807, 2.05) is 19.9 Å². The van der Waals surface area contributed by atoms with Crippen molar-refractivity contribution in [3.63, 3.8) is 0 Å². The SMILES string of the molecule is C=C(C)C(NN)c1ccoc1CC. The smallest absolute Gasteiger partial charge is 0.108 e. The molecule has 0 aliphatic carbocycles. The number of nitrogens with two attached hydrogens (primary N) is 1. The van der Waals surface area contributed by atoms with Crippen LogP contribution in [0.3, 0.4) is 0 Å². The standard InChI is InChI=1S/C10H16N2O/c1-4-9-8(5-6-13-9)10(12-11)7(2)3/h5-6,10,12H,2,4,11H2,1,3H3. The normalized spacial score (nSPS) is 12.8. The molecule has 1 unspecified atom stereocenters. The van der Waals surface area contributed by atoms with Crippen LogP contribution in [0.1, 0.15) is 31.2 Å². The topological polar surface area (TPSA) is 51.2 Å². The van der Waals surface area contributed by atoms with Gasteiger partial charge < -0.3 is 4.42 Å². The third-order valence-corrected chi connectivity index (χ3v) is 2.07. The molecule has 3 heteroatoms. The van der Waals surface area contributed by atoms with Gasteiger partial charge in [-0.2, -0.15) is 0 Å². The fourth-order valence-electron chi connectivity index (χ4n) is 1.39. The number of hydrazine groups is 1. The second-order valence-corrected chi connectivity index (χ2v) is 3.10.